The Kier molecular flexibility index (Phi) is 5.25. The summed E-state index contributed by atoms with van der Waals surface area (Å²) in [5.74, 6) is 4.96. The van der Waals surface area contributed by atoms with E-state index in [0.717, 1.165) is 5.56 Å². The molecule has 0 aliphatic rings. The van der Waals surface area contributed by atoms with Gasteiger partial charge in [-0.3, -0.25) is 4.79 Å². The van der Waals surface area contributed by atoms with Gasteiger partial charge in [0.15, 0.2) is 11.5 Å². The summed E-state index contributed by atoms with van der Waals surface area (Å²) < 4.78 is 10.3. The van der Waals surface area contributed by atoms with Crippen LogP contribution in [0.1, 0.15) is 12.5 Å². The van der Waals surface area contributed by atoms with Gasteiger partial charge in [0, 0.05) is 0 Å². The maximum Gasteiger partial charge on any atom is 0.327 e. The van der Waals surface area contributed by atoms with Crippen LogP contribution in [0.3, 0.4) is 0 Å². The minimum absolute atomic E-state index is 0.384. The lowest BCUT2D eigenvalue weighted by Crippen LogP contribution is -2.20. The van der Waals surface area contributed by atoms with E-state index in [0.29, 0.717) is 22.9 Å². The predicted octanol–water partition coefficient (Wildman–Crippen LogP) is 1.95. The Balaban J connectivity index is 3.01. The number of carbonyl (C=O) groups excluding carboxylic acids is 1. The van der Waals surface area contributed by atoms with Gasteiger partial charge in [-0.25, -0.2) is 0 Å². The van der Waals surface area contributed by atoms with Gasteiger partial charge in [-0.2, -0.15) is 5.90 Å². The number of hydrogen-bond donors (Lipinski definition) is 1. The average molecular weight is 274 g/mol. The number of rotatable bonds is 5. The zero-order valence-electron chi connectivity index (χ0n) is 10.5. The molecular weight excluding hydrogens is 258 g/mol. The van der Waals surface area contributed by atoms with Crippen molar-refractivity contribution >= 4 is 17.6 Å². The molecular formula is C12H16ClNO4. The molecule has 0 radical (unpaired) electrons. The molecule has 0 aliphatic heterocycles. The Morgan fingerprint density at radius 3 is 2.56 bits per heavy atom. The molecule has 0 saturated heterocycles. The molecule has 0 bridgehead atoms. The topological polar surface area (TPSA) is 70.8 Å². The van der Waals surface area contributed by atoms with Gasteiger partial charge < -0.3 is 14.3 Å². The second-order valence-electron chi connectivity index (χ2n) is 3.82. The predicted molar refractivity (Wildman–Crippen MR) is 67.7 cm³/mol. The molecule has 1 rings (SSSR count). The molecule has 0 amide bonds. The summed E-state index contributed by atoms with van der Waals surface area (Å²) in [6.45, 7) is 1.71. The third kappa shape index (κ3) is 3.05. The number of hydrogen-bond acceptors (Lipinski definition) is 5. The molecule has 0 fully saturated rings. The fraction of sp³-hybridized carbons (Fsp3) is 0.417. The quantitative estimate of drug-likeness (QED) is 0.831. The third-order valence-corrected chi connectivity index (χ3v) is 3.02. The molecule has 1 unspecified atom stereocenters. The molecule has 2 N–H and O–H groups in total. The van der Waals surface area contributed by atoms with Crippen molar-refractivity contribution in [3.05, 3.63) is 22.7 Å². The largest absolute Gasteiger partial charge is 0.493 e. The summed E-state index contributed by atoms with van der Waals surface area (Å²) >= 11 is 6.20. The number of benzene rings is 1. The van der Waals surface area contributed by atoms with Crippen molar-refractivity contribution in [1.29, 1.82) is 0 Å². The van der Waals surface area contributed by atoms with Crippen LogP contribution in [0.4, 0.5) is 0 Å². The third-order valence-electron chi connectivity index (χ3n) is 2.61. The van der Waals surface area contributed by atoms with E-state index in [1.54, 1.807) is 19.1 Å². The van der Waals surface area contributed by atoms with Crippen LogP contribution in [-0.4, -0.2) is 20.2 Å². The zero-order valence-corrected chi connectivity index (χ0v) is 11.3. The monoisotopic (exact) mass is 273 g/mol. The zero-order chi connectivity index (χ0) is 13.7. The first kappa shape index (κ1) is 14.6. The van der Waals surface area contributed by atoms with E-state index in [4.69, 9.17) is 27.0 Å². The Morgan fingerprint density at radius 2 is 2.06 bits per heavy atom. The van der Waals surface area contributed by atoms with Crippen molar-refractivity contribution in [3.63, 3.8) is 0 Å². The molecule has 1 atom stereocenters. The van der Waals surface area contributed by atoms with Crippen LogP contribution < -0.4 is 15.4 Å². The fourth-order valence-electron chi connectivity index (χ4n) is 1.62. The highest BCUT2D eigenvalue weighted by Crippen LogP contribution is 2.38. The minimum atomic E-state index is -0.485. The first-order valence-corrected chi connectivity index (χ1v) is 5.72. The van der Waals surface area contributed by atoms with Gasteiger partial charge in [0.2, 0.25) is 0 Å². The number of carbonyl (C=O) groups is 1. The van der Waals surface area contributed by atoms with Crippen molar-refractivity contribution in [3.8, 4) is 11.5 Å². The average Bonchev–Trinajstić information content (AvgIpc) is 2.39. The van der Waals surface area contributed by atoms with Crippen LogP contribution in [0.2, 0.25) is 5.02 Å². The molecule has 0 aromatic heterocycles. The molecule has 0 spiro atoms. The van der Waals surface area contributed by atoms with Gasteiger partial charge in [0.05, 0.1) is 25.2 Å². The first-order valence-electron chi connectivity index (χ1n) is 5.35. The first-order chi connectivity index (χ1) is 8.54. The van der Waals surface area contributed by atoms with E-state index in [2.05, 4.69) is 4.84 Å². The van der Waals surface area contributed by atoms with E-state index in [1.807, 2.05) is 0 Å². The van der Waals surface area contributed by atoms with E-state index in [-0.39, 0.29) is 5.92 Å². The summed E-state index contributed by atoms with van der Waals surface area (Å²) in [7, 11) is 3.04. The van der Waals surface area contributed by atoms with Crippen LogP contribution >= 0.6 is 11.6 Å². The Labute approximate surface area is 111 Å². The smallest absolute Gasteiger partial charge is 0.327 e. The van der Waals surface area contributed by atoms with Gasteiger partial charge in [-0.05, 0) is 18.1 Å². The molecule has 1 aromatic rings. The highest BCUT2D eigenvalue weighted by atomic mass is 35.5. The maximum absolute atomic E-state index is 11.3. The Bertz CT molecular complexity index is 436. The molecule has 0 aliphatic carbocycles. The fourth-order valence-corrected chi connectivity index (χ4v) is 1.93. The maximum atomic E-state index is 11.3. The molecule has 0 saturated carbocycles. The van der Waals surface area contributed by atoms with Gasteiger partial charge in [-0.15, -0.1) is 0 Å². The van der Waals surface area contributed by atoms with E-state index >= 15 is 0 Å². The van der Waals surface area contributed by atoms with Crippen molar-refractivity contribution < 1.29 is 19.1 Å². The van der Waals surface area contributed by atoms with Crippen LogP contribution in [0.15, 0.2) is 12.1 Å². The molecule has 5 nitrogen and oxygen atoms in total. The summed E-state index contributed by atoms with van der Waals surface area (Å²) in [6.07, 6.45) is 0.412. The van der Waals surface area contributed by atoms with E-state index in [9.17, 15) is 4.79 Å². The normalized spacial score (nSPS) is 11.8. The lowest BCUT2D eigenvalue weighted by molar-refractivity contribution is -0.148. The molecule has 100 valence electrons. The van der Waals surface area contributed by atoms with Gasteiger partial charge >= 0.3 is 5.97 Å². The van der Waals surface area contributed by atoms with Crippen LogP contribution in [-0.2, 0) is 16.1 Å². The van der Waals surface area contributed by atoms with Crippen molar-refractivity contribution in [1.82, 2.24) is 0 Å². The summed E-state index contributed by atoms with van der Waals surface area (Å²) in [6, 6.07) is 3.52. The van der Waals surface area contributed by atoms with Crippen LogP contribution in [0, 0.1) is 5.92 Å². The Morgan fingerprint density at radius 1 is 1.39 bits per heavy atom. The second kappa shape index (κ2) is 6.47. The standard InChI is InChI=1S/C12H16ClNO4/c1-7(12(15)18-14)6-8-4-5-9(16-2)11(17-3)10(8)13/h4-5,7H,6,14H2,1-3H3. The lowest BCUT2D eigenvalue weighted by atomic mass is 10.0. The summed E-state index contributed by atoms with van der Waals surface area (Å²) in [5, 5.41) is 0.425. The lowest BCUT2D eigenvalue weighted by Gasteiger charge is -2.14. The minimum Gasteiger partial charge on any atom is -0.493 e. The van der Waals surface area contributed by atoms with Crippen molar-refractivity contribution in [2.24, 2.45) is 11.8 Å². The van der Waals surface area contributed by atoms with Gasteiger partial charge in [-0.1, -0.05) is 24.6 Å². The van der Waals surface area contributed by atoms with Crippen LogP contribution in [0.5, 0.6) is 11.5 Å². The van der Waals surface area contributed by atoms with Crippen molar-refractivity contribution in [2.75, 3.05) is 14.2 Å². The number of halogens is 1. The van der Waals surface area contributed by atoms with Gasteiger partial charge in [0.1, 0.15) is 0 Å². The molecule has 0 heterocycles. The highest BCUT2D eigenvalue weighted by molar-refractivity contribution is 6.33. The molecule has 18 heavy (non-hydrogen) atoms. The summed E-state index contributed by atoms with van der Waals surface area (Å²) in [5.41, 5.74) is 0.771. The SMILES string of the molecule is COc1ccc(CC(C)C(=O)ON)c(Cl)c1OC. The number of methoxy groups -OCH3 is 2. The number of nitrogens with two attached hydrogens (primary N) is 1. The summed E-state index contributed by atoms with van der Waals surface area (Å²) in [4.78, 5) is 15.4. The van der Waals surface area contributed by atoms with Crippen molar-refractivity contribution in [2.45, 2.75) is 13.3 Å². The molecule has 6 heteroatoms. The second-order valence-corrected chi connectivity index (χ2v) is 4.19. The van der Waals surface area contributed by atoms with Crippen LogP contribution in [0.25, 0.3) is 0 Å². The van der Waals surface area contributed by atoms with E-state index < -0.39 is 5.97 Å². The number of ether oxygens (including phenoxy) is 2. The van der Waals surface area contributed by atoms with Gasteiger partial charge in [0.25, 0.3) is 0 Å². The highest BCUT2D eigenvalue weighted by Gasteiger charge is 2.19. The Hall–Kier alpha value is -1.46. The van der Waals surface area contributed by atoms with E-state index in [1.165, 1.54) is 14.2 Å². The molecule has 1 aromatic carbocycles.